The second kappa shape index (κ2) is 9.26. The van der Waals surface area contributed by atoms with Crippen molar-refractivity contribution in [1.82, 2.24) is 10.2 Å². The molecule has 1 aromatic carbocycles. The van der Waals surface area contributed by atoms with E-state index in [4.69, 9.17) is 4.74 Å². The highest BCUT2D eigenvalue weighted by molar-refractivity contribution is 5.14. The van der Waals surface area contributed by atoms with Gasteiger partial charge < -0.3 is 15.2 Å². The van der Waals surface area contributed by atoms with E-state index in [1.165, 1.54) is 5.56 Å². The summed E-state index contributed by atoms with van der Waals surface area (Å²) in [6, 6.07) is 10.8. The van der Waals surface area contributed by atoms with E-state index in [0.29, 0.717) is 25.0 Å². The molecule has 2 rings (SSSR count). The van der Waals surface area contributed by atoms with Gasteiger partial charge in [-0.2, -0.15) is 0 Å². The van der Waals surface area contributed by atoms with Gasteiger partial charge in [0.15, 0.2) is 0 Å². The molecular formula is C18H30N2O2. The van der Waals surface area contributed by atoms with Gasteiger partial charge in [0, 0.05) is 38.9 Å². The van der Waals surface area contributed by atoms with Crippen molar-refractivity contribution in [3.8, 4) is 0 Å². The van der Waals surface area contributed by atoms with Crippen LogP contribution in [0.1, 0.15) is 25.3 Å². The fourth-order valence-corrected chi connectivity index (χ4v) is 3.09. The van der Waals surface area contributed by atoms with Gasteiger partial charge in [-0.25, -0.2) is 0 Å². The summed E-state index contributed by atoms with van der Waals surface area (Å²) in [6.07, 6.45) is 1.91. The number of ether oxygens (including phenoxy) is 1. The maximum atomic E-state index is 10.2. The Kier molecular flexibility index (Phi) is 7.33. The molecule has 4 heteroatoms. The van der Waals surface area contributed by atoms with Crippen molar-refractivity contribution in [2.75, 3.05) is 33.4 Å². The van der Waals surface area contributed by atoms with Gasteiger partial charge in [-0.1, -0.05) is 30.3 Å². The Hall–Kier alpha value is -0.940. The van der Waals surface area contributed by atoms with Crippen LogP contribution in [0.15, 0.2) is 30.3 Å². The highest BCUT2D eigenvalue weighted by atomic mass is 16.5. The molecule has 1 aromatic rings. The van der Waals surface area contributed by atoms with Crippen molar-refractivity contribution < 1.29 is 9.84 Å². The fraction of sp³-hybridized carbons (Fsp3) is 0.667. The quantitative estimate of drug-likeness (QED) is 0.770. The maximum Gasteiger partial charge on any atom is 0.0791 e. The number of nitrogens with zero attached hydrogens (tertiary/aromatic N) is 1. The minimum atomic E-state index is -0.337. The van der Waals surface area contributed by atoms with Gasteiger partial charge in [0.2, 0.25) is 0 Å². The van der Waals surface area contributed by atoms with Crippen LogP contribution in [-0.4, -0.2) is 55.5 Å². The SMILES string of the molecule is CC(NCC(O)CN(C)Cc1ccccc1)C1CCOCC1. The van der Waals surface area contributed by atoms with Gasteiger partial charge in [0.25, 0.3) is 0 Å². The van der Waals surface area contributed by atoms with Gasteiger partial charge >= 0.3 is 0 Å². The maximum absolute atomic E-state index is 10.2. The summed E-state index contributed by atoms with van der Waals surface area (Å²) < 4.78 is 5.40. The molecule has 0 spiro atoms. The topological polar surface area (TPSA) is 44.7 Å². The first-order chi connectivity index (χ1) is 10.6. The van der Waals surface area contributed by atoms with E-state index in [0.717, 1.165) is 32.6 Å². The average molecular weight is 306 g/mol. The van der Waals surface area contributed by atoms with Crippen LogP contribution in [0.2, 0.25) is 0 Å². The second-order valence-corrected chi connectivity index (χ2v) is 6.48. The Bertz CT molecular complexity index is 407. The highest BCUT2D eigenvalue weighted by Crippen LogP contribution is 2.18. The van der Waals surface area contributed by atoms with E-state index >= 15 is 0 Å². The lowest BCUT2D eigenvalue weighted by molar-refractivity contribution is 0.0523. The largest absolute Gasteiger partial charge is 0.390 e. The molecule has 0 saturated carbocycles. The molecule has 1 saturated heterocycles. The van der Waals surface area contributed by atoms with Crippen LogP contribution in [0, 0.1) is 5.92 Å². The number of aliphatic hydroxyl groups is 1. The van der Waals surface area contributed by atoms with Crippen LogP contribution in [0.3, 0.4) is 0 Å². The van der Waals surface area contributed by atoms with Crippen LogP contribution >= 0.6 is 0 Å². The minimum absolute atomic E-state index is 0.337. The minimum Gasteiger partial charge on any atom is -0.390 e. The molecule has 1 fully saturated rings. The summed E-state index contributed by atoms with van der Waals surface area (Å²) in [6.45, 7) is 6.17. The molecule has 1 aliphatic heterocycles. The highest BCUT2D eigenvalue weighted by Gasteiger charge is 2.20. The Labute approximate surface area is 134 Å². The van der Waals surface area contributed by atoms with Crippen molar-refractivity contribution in [2.24, 2.45) is 5.92 Å². The number of likely N-dealkylation sites (N-methyl/N-ethyl adjacent to an activating group) is 1. The van der Waals surface area contributed by atoms with E-state index in [-0.39, 0.29) is 6.10 Å². The van der Waals surface area contributed by atoms with E-state index in [2.05, 4.69) is 48.5 Å². The number of rotatable bonds is 8. The summed E-state index contributed by atoms with van der Waals surface area (Å²) in [7, 11) is 2.05. The Morgan fingerprint density at radius 2 is 1.95 bits per heavy atom. The van der Waals surface area contributed by atoms with Gasteiger partial charge in [0.1, 0.15) is 0 Å². The number of benzene rings is 1. The smallest absolute Gasteiger partial charge is 0.0791 e. The van der Waals surface area contributed by atoms with Crippen molar-refractivity contribution in [2.45, 2.75) is 38.5 Å². The van der Waals surface area contributed by atoms with E-state index < -0.39 is 0 Å². The van der Waals surface area contributed by atoms with Crippen LogP contribution in [0.5, 0.6) is 0 Å². The van der Waals surface area contributed by atoms with Crippen LogP contribution in [0.25, 0.3) is 0 Å². The summed E-state index contributed by atoms with van der Waals surface area (Å²) in [5.74, 6) is 0.669. The van der Waals surface area contributed by atoms with Gasteiger partial charge in [0.05, 0.1) is 6.10 Å². The summed E-state index contributed by atoms with van der Waals surface area (Å²) >= 11 is 0. The van der Waals surface area contributed by atoms with Crippen LogP contribution in [-0.2, 0) is 11.3 Å². The third-order valence-electron chi connectivity index (χ3n) is 4.47. The van der Waals surface area contributed by atoms with Crippen LogP contribution < -0.4 is 5.32 Å². The molecule has 22 heavy (non-hydrogen) atoms. The van der Waals surface area contributed by atoms with E-state index in [1.54, 1.807) is 0 Å². The third kappa shape index (κ3) is 6.05. The molecule has 0 radical (unpaired) electrons. The lowest BCUT2D eigenvalue weighted by Gasteiger charge is -2.29. The average Bonchev–Trinajstić information content (AvgIpc) is 2.54. The first-order valence-electron chi connectivity index (χ1n) is 8.37. The molecular weight excluding hydrogens is 276 g/mol. The van der Waals surface area contributed by atoms with Crippen molar-refractivity contribution in [3.63, 3.8) is 0 Å². The molecule has 1 heterocycles. The van der Waals surface area contributed by atoms with Crippen LogP contribution in [0.4, 0.5) is 0 Å². The Morgan fingerprint density at radius 1 is 1.27 bits per heavy atom. The van der Waals surface area contributed by atoms with Gasteiger partial charge in [-0.05, 0) is 38.3 Å². The lowest BCUT2D eigenvalue weighted by Crippen LogP contribution is -2.43. The van der Waals surface area contributed by atoms with Gasteiger partial charge in [-0.15, -0.1) is 0 Å². The molecule has 0 aliphatic carbocycles. The monoisotopic (exact) mass is 306 g/mol. The molecule has 0 amide bonds. The number of nitrogens with one attached hydrogen (secondary N) is 1. The van der Waals surface area contributed by atoms with Crippen molar-refractivity contribution in [1.29, 1.82) is 0 Å². The number of hydrogen-bond donors (Lipinski definition) is 2. The van der Waals surface area contributed by atoms with Gasteiger partial charge in [-0.3, -0.25) is 4.90 Å². The Morgan fingerprint density at radius 3 is 2.64 bits per heavy atom. The molecule has 1 aliphatic rings. The zero-order chi connectivity index (χ0) is 15.8. The molecule has 2 unspecified atom stereocenters. The molecule has 4 nitrogen and oxygen atoms in total. The zero-order valence-corrected chi connectivity index (χ0v) is 13.9. The van der Waals surface area contributed by atoms with E-state index in [9.17, 15) is 5.11 Å². The molecule has 2 N–H and O–H groups in total. The summed E-state index contributed by atoms with van der Waals surface area (Å²) in [5.41, 5.74) is 1.28. The molecule has 0 bridgehead atoms. The van der Waals surface area contributed by atoms with E-state index in [1.807, 2.05) is 6.07 Å². The van der Waals surface area contributed by atoms with Crippen molar-refractivity contribution >= 4 is 0 Å². The second-order valence-electron chi connectivity index (χ2n) is 6.48. The summed E-state index contributed by atoms with van der Waals surface area (Å²) in [5, 5.41) is 13.7. The fourth-order valence-electron chi connectivity index (χ4n) is 3.09. The molecule has 2 atom stereocenters. The first-order valence-corrected chi connectivity index (χ1v) is 8.37. The first kappa shape index (κ1) is 17.4. The zero-order valence-electron chi connectivity index (χ0n) is 13.9. The molecule has 124 valence electrons. The third-order valence-corrected chi connectivity index (χ3v) is 4.47. The van der Waals surface area contributed by atoms with Crippen molar-refractivity contribution in [3.05, 3.63) is 35.9 Å². The predicted octanol–water partition coefficient (Wildman–Crippen LogP) is 1.88. The standard InChI is InChI=1S/C18H30N2O2/c1-15(17-8-10-22-11-9-17)19-12-18(21)14-20(2)13-16-6-4-3-5-7-16/h3-7,15,17-19,21H,8-14H2,1-2H3. The lowest BCUT2D eigenvalue weighted by atomic mass is 9.93. The number of aliphatic hydroxyl groups excluding tert-OH is 1. The normalized spacial score (nSPS) is 19.3. The Balaban J connectivity index is 1.65. The number of hydrogen-bond acceptors (Lipinski definition) is 4. The predicted molar refractivity (Wildman–Crippen MR) is 89.8 cm³/mol. The molecule has 0 aromatic heterocycles. The summed E-state index contributed by atoms with van der Waals surface area (Å²) in [4.78, 5) is 2.17.